The molecule has 1 fully saturated rings. The summed E-state index contributed by atoms with van der Waals surface area (Å²) in [5, 5.41) is 6.05. The molecule has 2 atom stereocenters. The van der Waals surface area contributed by atoms with Gasteiger partial charge in [0, 0.05) is 20.1 Å². The van der Waals surface area contributed by atoms with Gasteiger partial charge in [0.05, 0.1) is 16.1 Å². The number of para-hydroxylation sites is 1. The van der Waals surface area contributed by atoms with E-state index in [4.69, 9.17) is 0 Å². The summed E-state index contributed by atoms with van der Waals surface area (Å²) in [5.74, 6) is -3.23. The van der Waals surface area contributed by atoms with Crippen LogP contribution in [0.5, 0.6) is 0 Å². The molecule has 1 aliphatic heterocycles. The zero-order chi connectivity index (χ0) is 22.0. The molecule has 162 valence electrons. The number of rotatable bonds is 5. The lowest BCUT2D eigenvalue weighted by Gasteiger charge is -2.32. The van der Waals surface area contributed by atoms with Crippen LogP contribution in [0.1, 0.15) is 24.4 Å². The number of hydrogen-bond acceptors (Lipinski definition) is 5. The highest BCUT2D eigenvalue weighted by Gasteiger charge is 2.31. The molecule has 1 aliphatic rings. The first-order valence-corrected chi connectivity index (χ1v) is 10.9. The average Bonchev–Trinajstić information content (AvgIpc) is 3.23. The van der Waals surface area contributed by atoms with Crippen molar-refractivity contribution < 1.29 is 18.4 Å². The minimum Gasteiger partial charge on any atom is -0.357 e. The maximum absolute atomic E-state index is 13.7. The predicted octanol–water partition coefficient (Wildman–Crippen LogP) is 3.39. The normalized spacial score (nSPS) is 17.4. The molecule has 0 bridgehead atoms. The molecule has 0 saturated carbocycles. The Morgan fingerprint density at radius 2 is 2.00 bits per heavy atom. The van der Waals surface area contributed by atoms with Crippen LogP contribution in [-0.2, 0) is 9.59 Å². The van der Waals surface area contributed by atoms with Crippen LogP contribution in [0, 0.1) is 17.6 Å². The Hall–Kier alpha value is -3.07. The molecule has 2 heterocycles. The fraction of sp³-hybridized carbons (Fsp3) is 0.318. The first kappa shape index (κ1) is 21.2. The minimum atomic E-state index is -1.11. The highest BCUT2D eigenvalue weighted by molar-refractivity contribution is 7.22. The van der Waals surface area contributed by atoms with E-state index in [-0.39, 0.29) is 17.4 Å². The molecule has 0 spiro atoms. The topological polar surface area (TPSA) is 74.3 Å². The average molecular weight is 445 g/mol. The number of piperidine rings is 1. The lowest BCUT2D eigenvalue weighted by molar-refractivity contribution is -0.131. The van der Waals surface area contributed by atoms with Gasteiger partial charge in [0.1, 0.15) is 6.04 Å². The minimum absolute atomic E-state index is 0.186. The van der Waals surface area contributed by atoms with E-state index in [1.165, 1.54) is 13.1 Å². The zero-order valence-electron chi connectivity index (χ0n) is 16.9. The summed E-state index contributed by atoms with van der Waals surface area (Å²) in [6.45, 7) is 1.27. The Kier molecular flexibility index (Phi) is 6.13. The van der Waals surface area contributed by atoms with E-state index in [1.807, 2.05) is 24.3 Å². The summed E-state index contributed by atoms with van der Waals surface area (Å²) in [6, 6.07) is 9.95. The number of likely N-dealkylation sites (N-methyl/N-ethyl adjacent to an activating group) is 1. The summed E-state index contributed by atoms with van der Waals surface area (Å²) >= 11 is 1.58. The van der Waals surface area contributed by atoms with E-state index < -0.39 is 23.6 Å². The van der Waals surface area contributed by atoms with Crippen molar-refractivity contribution in [2.45, 2.75) is 18.9 Å². The van der Waals surface area contributed by atoms with Crippen molar-refractivity contribution in [3.63, 3.8) is 0 Å². The molecule has 3 aromatic rings. The lowest BCUT2D eigenvalue weighted by Crippen LogP contribution is -2.46. The van der Waals surface area contributed by atoms with Gasteiger partial charge < -0.3 is 15.5 Å². The highest BCUT2D eigenvalue weighted by atomic mass is 32.1. The largest absolute Gasteiger partial charge is 0.357 e. The number of amides is 2. The van der Waals surface area contributed by atoms with Gasteiger partial charge >= 0.3 is 0 Å². The number of halogens is 2. The summed E-state index contributed by atoms with van der Waals surface area (Å²) in [5.41, 5.74) is 1.11. The zero-order valence-corrected chi connectivity index (χ0v) is 17.7. The number of carbonyl (C=O) groups is 2. The maximum atomic E-state index is 13.7. The number of benzene rings is 2. The van der Waals surface area contributed by atoms with Crippen molar-refractivity contribution in [2.24, 2.45) is 5.92 Å². The summed E-state index contributed by atoms with van der Waals surface area (Å²) in [7, 11) is 1.43. The third-order valence-electron chi connectivity index (χ3n) is 5.42. The Labute approximate surface area is 182 Å². The predicted molar refractivity (Wildman–Crippen MR) is 116 cm³/mol. The van der Waals surface area contributed by atoms with E-state index in [2.05, 4.69) is 20.5 Å². The van der Waals surface area contributed by atoms with Crippen LogP contribution in [0.4, 0.5) is 13.9 Å². The molecule has 1 saturated heterocycles. The molecule has 6 nitrogen and oxygen atoms in total. The van der Waals surface area contributed by atoms with Gasteiger partial charge in [-0.25, -0.2) is 13.8 Å². The molecule has 0 radical (unpaired) electrons. The second-order valence-corrected chi connectivity index (χ2v) is 8.49. The van der Waals surface area contributed by atoms with E-state index in [0.717, 1.165) is 40.4 Å². The molecule has 2 aromatic carbocycles. The number of fused-ring (bicyclic) bond motifs is 1. The van der Waals surface area contributed by atoms with Crippen LogP contribution in [0.3, 0.4) is 0 Å². The standard InChI is InChI=1S/C22H22F2N4O2S/c1-25-21(30)19(13-8-9-15(23)16(24)11-13)27-20(29)14-5-4-10-28(12-14)22-26-17-6-2-3-7-18(17)31-22/h2-3,6-9,11,14,19H,4-5,10,12H2,1H3,(H,25,30)(H,27,29). The van der Waals surface area contributed by atoms with Gasteiger partial charge in [0.2, 0.25) is 11.8 Å². The smallest absolute Gasteiger partial charge is 0.246 e. The van der Waals surface area contributed by atoms with Crippen molar-refractivity contribution in [1.29, 1.82) is 0 Å². The molecule has 31 heavy (non-hydrogen) atoms. The van der Waals surface area contributed by atoms with Crippen LogP contribution in [0.15, 0.2) is 42.5 Å². The molecule has 0 aliphatic carbocycles. The van der Waals surface area contributed by atoms with Gasteiger partial charge in [-0.05, 0) is 42.7 Å². The van der Waals surface area contributed by atoms with Gasteiger partial charge in [-0.3, -0.25) is 9.59 Å². The van der Waals surface area contributed by atoms with E-state index in [9.17, 15) is 18.4 Å². The molecular weight excluding hydrogens is 422 g/mol. The van der Waals surface area contributed by atoms with Crippen LogP contribution in [-0.4, -0.2) is 36.9 Å². The van der Waals surface area contributed by atoms with Crippen molar-refractivity contribution in [3.05, 3.63) is 59.7 Å². The van der Waals surface area contributed by atoms with Gasteiger partial charge in [-0.15, -0.1) is 0 Å². The van der Waals surface area contributed by atoms with Crippen molar-refractivity contribution in [3.8, 4) is 0 Å². The van der Waals surface area contributed by atoms with Crippen LogP contribution < -0.4 is 15.5 Å². The third kappa shape index (κ3) is 4.51. The van der Waals surface area contributed by atoms with Gasteiger partial charge in [0.25, 0.3) is 0 Å². The molecule has 2 N–H and O–H groups in total. The fourth-order valence-electron chi connectivity index (χ4n) is 3.76. The molecule has 9 heteroatoms. The number of thiazole rings is 1. The Balaban J connectivity index is 1.50. The van der Waals surface area contributed by atoms with Crippen LogP contribution in [0.2, 0.25) is 0 Å². The van der Waals surface area contributed by atoms with E-state index >= 15 is 0 Å². The number of hydrogen-bond donors (Lipinski definition) is 2. The van der Waals surface area contributed by atoms with Crippen LogP contribution in [0.25, 0.3) is 10.2 Å². The van der Waals surface area contributed by atoms with Crippen molar-refractivity contribution in [1.82, 2.24) is 15.6 Å². The SMILES string of the molecule is CNC(=O)C(NC(=O)C1CCCN(c2nc3ccccc3s2)C1)c1ccc(F)c(F)c1. The Morgan fingerprint density at radius 1 is 1.19 bits per heavy atom. The molecule has 4 rings (SSSR count). The maximum Gasteiger partial charge on any atom is 0.246 e. The quantitative estimate of drug-likeness (QED) is 0.633. The second kappa shape index (κ2) is 8.97. The van der Waals surface area contributed by atoms with Gasteiger partial charge in [-0.1, -0.05) is 29.5 Å². The molecule has 2 unspecified atom stereocenters. The second-order valence-electron chi connectivity index (χ2n) is 7.48. The van der Waals surface area contributed by atoms with Crippen LogP contribution >= 0.6 is 11.3 Å². The van der Waals surface area contributed by atoms with Crippen molar-refractivity contribution in [2.75, 3.05) is 25.0 Å². The number of carbonyl (C=O) groups excluding carboxylic acids is 2. The van der Waals surface area contributed by atoms with Gasteiger partial charge in [0.15, 0.2) is 16.8 Å². The van der Waals surface area contributed by atoms with Crippen molar-refractivity contribution >= 4 is 38.5 Å². The first-order valence-electron chi connectivity index (χ1n) is 10.0. The summed E-state index contributed by atoms with van der Waals surface area (Å²) in [6.07, 6.45) is 1.48. The molecule has 1 aromatic heterocycles. The molecular formula is C22H22F2N4O2S. The first-order chi connectivity index (χ1) is 15.0. The Morgan fingerprint density at radius 3 is 2.74 bits per heavy atom. The summed E-state index contributed by atoms with van der Waals surface area (Å²) < 4.78 is 28.1. The molecule has 2 amide bonds. The van der Waals surface area contributed by atoms with E-state index in [1.54, 1.807) is 11.3 Å². The lowest BCUT2D eigenvalue weighted by atomic mass is 9.96. The van der Waals surface area contributed by atoms with E-state index in [0.29, 0.717) is 13.0 Å². The highest BCUT2D eigenvalue weighted by Crippen LogP contribution is 2.31. The monoisotopic (exact) mass is 444 g/mol. The number of aromatic nitrogens is 1. The fourth-order valence-corrected chi connectivity index (χ4v) is 4.76. The van der Waals surface area contributed by atoms with Gasteiger partial charge in [-0.2, -0.15) is 0 Å². The number of nitrogens with zero attached hydrogens (tertiary/aromatic N) is 2. The third-order valence-corrected chi connectivity index (χ3v) is 6.51. The summed E-state index contributed by atoms with van der Waals surface area (Å²) in [4.78, 5) is 32.1. The Bertz CT molecular complexity index is 1090. The number of anilines is 1. The number of nitrogens with one attached hydrogen (secondary N) is 2.